The molecule has 1 aromatic heterocycles. The summed E-state index contributed by atoms with van der Waals surface area (Å²) >= 11 is 0. The van der Waals surface area contributed by atoms with Gasteiger partial charge in [0.2, 0.25) is 5.91 Å². The molecule has 0 aliphatic rings. The zero-order valence-electron chi connectivity index (χ0n) is 17.2. The highest BCUT2D eigenvalue weighted by Gasteiger charge is 2.07. The van der Waals surface area contributed by atoms with Gasteiger partial charge in [0.1, 0.15) is 17.3 Å². The molecule has 0 saturated carbocycles. The molecule has 2 N–H and O–H groups in total. The Morgan fingerprint density at radius 3 is 2.39 bits per heavy atom. The van der Waals surface area contributed by atoms with Crippen molar-refractivity contribution in [1.29, 1.82) is 0 Å². The van der Waals surface area contributed by atoms with E-state index in [2.05, 4.69) is 15.3 Å². The van der Waals surface area contributed by atoms with Crippen LogP contribution in [0.1, 0.15) is 24.2 Å². The average molecular weight is 413 g/mol. The van der Waals surface area contributed by atoms with Crippen LogP contribution in [-0.2, 0) is 11.2 Å². The van der Waals surface area contributed by atoms with E-state index in [0.29, 0.717) is 47.4 Å². The van der Waals surface area contributed by atoms with Gasteiger partial charge in [-0.3, -0.25) is 9.59 Å². The number of nitrogens with zero attached hydrogens (tertiary/aromatic N) is 1. The summed E-state index contributed by atoms with van der Waals surface area (Å²) in [4.78, 5) is 31.6. The number of benzene rings is 3. The third-order valence-corrected chi connectivity index (χ3v) is 4.87. The van der Waals surface area contributed by atoms with E-state index < -0.39 is 0 Å². The first-order valence-electron chi connectivity index (χ1n) is 10.2. The molecular weight excluding hydrogens is 390 g/mol. The van der Waals surface area contributed by atoms with E-state index in [9.17, 15) is 9.59 Å². The second kappa shape index (κ2) is 9.26. The Kier molecular flexibility index (Phi) is 6.08. The van der Waals surface area contributed by atoms with Crippen molar-refractivity contribution >= 4 is 22.5 Å². The summed E-state index contributed by atoms with van der Waals surface area (Å²) in [5.41, 5.74) is 2.39. The van der Waals surface area contributed by atoms with Crippen molar-refractivity contribution in [2.75, 3.05) is 5.32 Å². The number of rotatable bonds is 7. The number of nitrogens with one attached hydrogen (secondary N) is 2. The number of carbonyl (C=O) groups excluding carboxylic acids is 1. The van der Waals surface area contributed by atoms with Crippen LogP contribution in [0, 0.1) is 6.92 Å². The zero-order chi connectivity index (χ0) is 21.6. The molecule has 31 heavy (non-hydrogen) atoms. The highest BCUT2D eigenvalue weighted by Crippen LogP contribution is 2.23. The maximum absolute atomic E-state index is 12.3. The molecule has 6 nitrogen and oxygen atoms in total. The quantitative estimate of drug-likeness (QED) is 0.447. The lowest BCUT2D eigenvalue weighted by atomic mass is 10.2. The van der Waals surface area contributed by atoms with E-state index in [1.807, 2.05) is 73.7 Å². The fourth-order valence-electron chi connectivity index (χ4n) is 3.24. The molecule has 0 spiro atoms. The lowest BCUT2D eigenvalue weighted by molar-refractivity contribution is -0.116. The summed E-state index contributed by atoms with van der Waals surface area (Å²) in [5.74, 6) is 1.97. The van der Waals surface area contributed by atoms with E-state index in [0.717, 1.165) is 5.75 Å². The number of fused-ring (bicyclic) bond motifs is 1. The normalized spacial score (nSPS) is 10.7. The summed E-state index contributed by atoms with van der Waals surface area (Å²) in [6.07, 6.45) is 1.44. The summed E-state index contributed by atoms with van der Waals surface area (Å²) in [5, 5.41) is 3.45. The monoisotopic (exact) mass is 413 g/mol. The Bertz CT molecular complexity index is 1250. The standard InChI is InChI=1S/C25H23N3O3/c1-17-9-13-19(14-10-17)31-20-15-11-18(12-16-20)26-24(29)8-4-7-23-27-22-6-3-2-5-21(22)25(30)28-23/h2-3,5-6,9-16H,4,7-8H2,1H3,(H,26,29)(H,27,28,30). The smallest absolute Gasteiger partial charge is 0.258 e. The number of hydrogen-bond donors (Lipinski definition) is 2. The Balaban J connectivity index is 1.28. The van der Waals surface area contributed by atoms with Crippen molar-refractivity contribution in [2.45, 2.75) is 26.2 Å². The molecule has 6 heteroatoms. The predicted octanol–water partition coefficient (Wildman–Crippen LogP) is 4.99. The van der Waals surface area contributed by atoms with Crippen molar-refractivity contribution in [3.05, 3.63) is 94.5 Å². The summed E-state index contributed by atoms with van der Waals surface area (Å²) in [6, 6.07) is 22.3. The third-order valence-electron chi connectivity index (χ3n) is 4.87. The highest BCUT2D eigenvalue weighted by molar-refractivity contribution is 5.90. The van der Waals surface area contributed by atoms with Gasteiger partial charge in [-0.2, -0.15) is 0 Å². The van der Waals surface area contributed by atoms with Crippen molar-refractivity contribution in [1.82, 2.24) is 9.97 Å². The minimum absolute atomic E-state index is 0.0876. The maximum atomic E-state index is 12.3. The van der Waals surface area contributed by atoms with Crippen molar-refractivity contribution in [3.8, 4) is 11.5 Å². The van der Waals surface area contributed by atoms with Gasteiger partial charge >= 0.3 is 0 Å². The topological polar surface area (TPSA) is 84.1 Å². The molecule has 0 aliphatic heterocycles. The van der Waals surface area contributed by atoms with E-state index in [1.165, 1.54) is 5.56 Å². The molecule has 1 amide bonds. The number of aromatic nitrogens is 2. The van der Waals surface area contributed by atoms with Crippen LogP contribution in [-0.4, -0.2) is 15.9 Å². The lowest BCUT2D eigenvalue weighted by Gasteiger charge is -2.08. The van der Waals surface area contributed by atoms with E-state index in [1.54, 1.807) is 6.07 Å². The van der Waals surface area contributed by atoms with Gasteiger partial charge in [0, 0.05) is 18.5 Å². The van der Waals surface area contributed by atoms with Gasteiger partial charge in [0.25, 0.3) is 5.56 Å². The molecule has 0 fully saturated rings. The molecule has 1 heterocycles. The van der Waals surface area contributed by atoms with Crippen LogP contribution < -0.4 is 15.6 Å². The molecule has 4 rings (SSSR count). The van der Waals surface area contributed by atoms with Gasteiger partial charge in [-0.15, -0.1) is 0 Å². The van der Waals surface area contributed by atoms with Crippen LogP contribution in [0.25, 0.3) is 10.9 Å². The largest absolute Gasteiger partial charge is 0.457 e. The molecule has 4 aromatic rings. The fraction of sp³-hybridized carbons (Fsp3) is 0.160. The Morgan fingerprint density at radius 2 is 1.65 bits per heavy atom. The number of aryl methyl sites for hydroxylation is 2. The first-order chi connectivity index (χ1) is 15.1. The molecule has 0 unspecified atom stereocenters. The molecular formula is C25H23N3O3. The van der Waals surface area contributed by atoms with Crippen LogP contribution in [0.15, 0.2) is 77.6 Å². The molecule has 156 valence electrons. The number of amides is 1. The van der Waals surface area contributed by atoms with Gasteiger partial charge < -0.3 is 15.0 Å². The zero-order valence-corrected chi connectivity index (χ0v) is 17.2. The van der Waals surface area contributed by atoms with Gasteiger partial charge in [0.15, 0.2) is 0 Å². The van der Waals surface area contributed by atoms with E-state index in [4.69, 9.17) is 4.74 Å². The number of ether oxygens (including phenoxy) is 1. The number of H-pyrrole nitrogens is 1. The first-order valence-corrected chi connectivity index (χ1v) is 10.2. The Morgan fingerprint density at radius 1 is 0.968 bits per heavy atom. The molecule has 0 aliphatic carbocycles. The predicted molar refractivity (Wildman–Crippen MR) is 122 cm³/mol. The number of hydrogen-bond acceptors (Lipinski definition) is 4. The summed E-state index contributed by atoms with van der Waals surface area (Å²) in [7, 11) is 0. The second-order valence-corrected chi connectivity index (χ2v) is 7.37. The Hall–Kier alpha value is -3.93. The number of aromatic amines is 1. The molecule has 0 bridgehead atoms. The molecule has 0 atom stereocenters. The number of para-hydroxylation sites is 1. The third kappa shape index (κ3) is 5.36. The average Bonchev–Trinajstić information content (AvgIpc) is 2.77. The van der Waals surface area contributed by atoms with Gasteiger partial charge in [-0.1, -0.05) is 29.8 Å². The van der Waals surface area contributed by atoms with Crippen molar-refractivity contribution in [3.63, 3.8) is 0 Å². The SMILES string of the molecule is Cc1ccc(Oc2ccc(NC(=O)CCCc3nc4ccccc4c(=O)[nH]3)cc2)cc1. The maximum Gasteiger partial charge on any atom is 0.258 e. The fourth-order valence-corrected chi connectivity index (χ4v) is 3.24. The van der Waals surface area contributed by atoms with Crippen molar-refractivity contribution in [2.24, 2.45) is 0 Å². The van der Waals surface area contributed by atoms with Crippen LogP contribution in [0.2, 0.25) is 0 Å². The second-order valence-electron chi connectivity index (χ2n) is 7.37. The van der Waals surface area contributed by atoms with Crippen LogP contribution in [0.5, 0.6) is 11.5 Å². The van der Waals surface area contributed by atoms with Gasteiger partial charge in [-0.25, -0.2) is 4.98 Å². The minimum atomic E-state index is -0.155. The van der Waals surface area contributed by atoms with E-state index >= 15 is 0 Å². The summed E-state index contributed by atoms with van der Waals surface area (Å²) < 4.78 is 5.80. The molecule has 0 radical (unpaired) electrons. The molecule has 0 saturated heterocycles. The lowest BCUT2D eigenvalue weighted by Crippen LogP contribution is -2.14. The highest BCUT2D eigenvalue weighted by atomic mass is 16.5. The van der Waals surface area contributed by atoms with Gasteiger partial charge in [0.05, 0.1) is 10.9 Å². The van der Waals surface area contributed by atoms with Crippen molar-refractivity contribution < 1.29 is 9.53 Å². The number of anilines is 1. The number of carbonyl (C=O) groups is 1. The first kappa shape index (κ1) is 20.3. The van der Waals surface area contributed by atoms with E-state index in [-0.39, 0.29) is 11.5 Å². The van der Waals surface area contributed by atoms with Crippen LogP contribution in [0.3, 0.4) is 0 Å². The van der Waals surface area contributed by atoms with Crippen LogP contribution >= 0.6 is 0 Å². The summed E-state index contributed by atoms with van der Waals surface area (Å²) in [6.45, 7) is 2.03. The van der Waals surface area contributed by atoms with Gasteiger partial charge in [-0.05, 0) is 61.9 Å². The molecule has 3 aromatic carbocycles. The Labute approximate surface area is 179 Å². The van der Waals surface area contributed by atoms with Crippen LogP contribution in [0.4, 0.5) is 5.69 Å². The minimum Gasteiger partial charge on any atom is -0.457 e.